The predicted octanol–water partition coefficient (Wildman–Crippen LogP) is 2.85. The molecule has 25 heavy (non-hydrogen) atoms. The van der Waals surface area contributed by atoms with Gasteiger partial charge in [-0.2, -0.15) is 0 Å². The van der Waals surface area contributed by atoms with E-state index in [1.807, 2.05) is 0 Å². The molecular formula is C18H16ClNO5. The van der Waals surface area contributed by atoms with E-state index in [1.54, 1.807) is 42.5 Å². The molecule has 0 aliphatic heterocycles. The molecule has 0 heterocycles. The van der Waals surface area contributed by atoms with Crippen LogP contribution in [0.4, 0.5) is 5.69 Å². The van der Waals surface area contributed by atoms with Crippen LogP contribution in [0.15, 0.2) is 48.5 Å². The lowest BCUT2D eigenvalue weighted by Crippen LogP contribution is -2.22. The molecule has 1 amide bonds. The van der Waals surface area contributed by atoms with Crippen LogP contribution in [0.25, 0.3) is 0 Å². The molecule has 2 aromatic rings. The number of para-hydroxylation sites is 1. The fourth-order valence-electron chi connectivity index (χ4n) is 2.03. The van der Waals surface area contributed by atoms with E-state index >= 15 is 0 Å². The summed E-state index contributed by atoms with van der Waals surface area (Å²) in [5, 5.41) is 3.09. The van der Waals surface area contributed by atoms with Gasteiger partial charge in [-0.3, -0.25) is 9.59 Å². The number of halogens is 1. The molecule has 0 bridgehead atoms. The Labute approximate surface area is 149 Å². The van der Waals surface area contributed by atoms with Crippen LogP contribution in [0.3, 0.4) is 0 Å². The third-order valence-corrected chi connectivity index (χ3v) is 3.48. The molecule has 130 valence electrons. The van der Waals surface area contributed by atoms with E-state index in [2.05, 4.69) is 10.1 Å². The Morgan fingerprint density at radius 3 is 2.40 bits per heavy atom. The largest absolute Gasteiger partial charge is 0.465 e. The summed E-state index contributed by atoms with van der Waals surface area (Å²) < 4.78 is 9.58. The van der Waals surface area contributed by atoms with Crippen LogP contribution in [0, 0.1) is 0 Å². The number of hydrogen-bond donors (Lipinski definition) is 1. The molecule has 0 spiro atoms. The van der Waals surface area contributed by atoms with Gasteiger partial charge in [-0.25, -0.2) is 4.79 Å². The Balaban J connectivity index is 1.87. The Morgan fingerprint density at radius 2 is 1.72 bits per heavy atom. The number of amides is 1. The fraction of sp³-hybridized carbons (Fsp3) is 0.167. The molecule has 6 nitrogen and oxygen atoms in total. The summed E-state index contributed by atoms with van der Waals surface area (Å²) in [5.41, 5.74) is 1.23. The standard InChI is InChI=1S/C18H16ClNO5/c1-24-18(23)14-4-2-3-5-15(14)20-16(21)11-25-17(22)10-12-6-8-13(19)9-7-12/h2-9H,10-11H2,1H3,(H,20,21). The minimum absolute atomic E-state index is 0.0309. The van der Waals surface area contributed by atoms with Crippen molar-refractivity contribution in [1.29, 1.82) is 0 Å². The number of nitrogens with one attached hydrogen (secondary N) is 1. The highest BCUT2D eigenvalue weighted by molar-refractivity contribution is 6.30. The predicted molar refractivity (Wildman–Crippen MR) is 92.5 cm³/mol. The SMILES string of the molecule is COC(=O)c1ccccc1NC(=O)COC(=O)Cc1ccc(Cl)cc1. The van der Waals surface area contributed by atoms with Crippen LogP contribution in [0.1, 0.15) is 15.9 Å². The lowest BCUT2D eigenvalue weighted by Gasteiger charge is -2.10. The summed E-state index contributed by atoms with van der Waals surface area (Å²) in [6.45, 7) is -0.456. The van der Waals surface area contributed by atoms with Crippen LogP contribution in [-0.4, -0.2) is 31.6 Å². The van der Waals surface area contributed by atoms with E-state index in [4.69, 9.17) is 16.3 Å². The summed E-state index contributed by atoms with van der Waals surface area (Å²) in [4.78, 5) is 35.3. The van der Waals surface area contributed by atoms with Crippen LogP contribution < -0.4 is 5.32 Å². The van der Waals surface area contributed by atoms with Gasteiger partial charge in [-0.1, -0.05) is 35.9 Å². The quantitative estimate of drug-likeness (QED) is 0.800. The van der Waals surface area contributed by atoms with Gasteiger partial charge in [0.15, 0.2) is 6.61 Å². The number of esters is 2. The van der Waals surface area contributed by atoms with Crippen molar-refractivity contribution in [2.24, 2.45) is 0 Å². The van der Waals surface area contributed by atoms with Crippen molar-refractivity contribution in [2.45, 2.75) is 6.42 Å². The molecule has 0 saturated carbocycles. The average molecular weight is 362 g/mol. The zero-order chi connectivity index (χ0) is 18.2. The van der Waals surface area contributed by atoms with E-state index in [9.17, 15) is 14.4 Å². The Morgan fingerprint density at radius 1 is 1.04 bits per heavy atom. The van der Waals surface area contributed by atoms with Crippen LogP contribution >= 0.6 is 11.6 Å². The second kappa shape index (κ2) is 8.84. The van der Waals surface area contributed by atoms with E-state index in [0.29, 0.717) is 5.02 Å². The molecule has 2 rings (SSSR count). The second-order valence-electron chi connectivity index (χ2n) is 5.05. The van der Waals surface area contributed by atoms with Gasteiger partial charge in [0.05, 0.1) is 24.8 Å². The summed E-state index contributed by atoms with van der Waals surface area (Å²) in [5.74, 6) is -1.67. The Kier molecular flexibility index (Phi) is 6.54. The van der Waals surface area contributed by atoms with Crippen molar-refractivity contribution in [1.82, 2.24) is 0 Å². The van der Waals surface area contributed by atoms with Crippen molar-refractivity contribution < 1.29 is 23.9 Å². The lowest BCUT2D eigenvalue weighted by molar-refractivity contribution is -0.146. The molecule has 0 atom stereocenters. The van der Waals surface area contributed by atoms with Crippen LogP contribution in [0.2, 0.25) is 5.02 Å². The normalized spacial score (nSPS) is 10.0. The van der Waals surface area contributed by atoms with Crippen molar-refractivity contribution in [3.8, 4) is 0 Å². The molecule has 0 aliphatic carbocycles. The molecule has 0 aromatic heterocycles. The van der Waals surface area contributed by atoms with E-state index in [0.717, 1.165) is 5.56 Å². The van der Waals surface area contributed by atoms with E-state index in [1.165, 1.54) is 13.2 Å². The molecule has 7 heteroatoms. The third-order valence-electron chi connectivity index (χ3n) is 3.23. The summed E-state index contributed by atoms with van der Waals surface area (Å²) in [7, 11) is 1.25. The van der Waals surface area contributed by atoms with Gasteiger partial charge in [0.1, 0.15) is 0 Å². The van der Waals surface area contributed by atoms with Crippen molar-refractivity contribution in [3.05, 3.63) is 64.7 Å². The number of carbonyl (C=O) groups is 3. The molecule has 0 radical (unpaired) electrons. The maximum Gasteiger partial charge on any atom is 0.339 e. The molecule has 2 aromatic carbocycles. The number of hydrogen-bond acceptors (Lipinski definition) is 5. The highest BCUT2D eigenvalue weighted by atomic mass is 35.5. The number of benzene rings is 2. The highest BCUT2D eigenvalue weighted by Crippen LogP contribution is 2.16. The molecule has 0 fully saturated rings. The van der Waals surface area contributed by atoms with E-state index in [-0.39, 0.29) is 17.7 Å². The summed E-state index contributed by atoms with van der Waals surface area (Å²) in [6.07, 6.45) is 0.0309. The summed E-state index contributed by atoms with van der Waals surface area (Å²) >= 11 is 5.77. The third kappa shape index (κ3) is 5.61. The minimum atomic E-state index is -0.573. The first-order valence-corrected chi connectivity index (χ1v) is 7.74. The smallest absolute Gasteiger partial charge is 0.339 e. The van der Waals surface area contributed by atoms with Gasteiger partial charge in [0.2, 0.25) is 0 Å². The first-order valence-electron chi connectivity index (χ1n) is 7.37. The van der Waals surface area contributed by atoms with Crippen molar-refractivity contribution >= 4 is 35.1 Å². The monoisotopic (exact) mass is 361 g/mol. The van der Waals surface area contributed by atoms with Gasteiger partial charge in [0, 0.05) is 5.02 Å². The van der Waals surface area contributed by atoms with Gasteiger partial charge in [-0.15, -0.1) is 0 Å². The maximum absolute atomic E-state index is 11.9. The number of rotatable bonds is 6. The maximum atomic E-state index is 11.9. The average Bonchev–Trinajstić information content (AvgIpc) is 2.62. The number of carbonyl (C=O) groups excluding carboxylic acids is 3. The van der Waals surface area contributed by atoms with Gasteiger partial charge < -0.3 is 14.8 Å². The number of anilines is 1. The molecule has 1 N–H and O–H groups in total. The van der Waals surface area contributed by atoms with Crippen molar-refractivity contribution in [3.63, 3.8) is 0 Å². The molecule has 0 aliphatic rings. The van der Waals surface area contributed by atoms with E-state index < -0.39 is 24.5 Å². The molecule has 0 saturated heterocycles. The first kappa shape index (κ1) is 18.5. The van der Waals surface area contributed by atoms with Gasteiger partial charge in [-0.05, 0) is 29.8 Å². The number of methoxy groups -OCH3 is 1. The zero-order valence-electron chi connectivity index (χ0n) is 13.5. The first-order chi connectivity index (χ1) is 12.0. The fourth-order valence-corrected chi connectivity index (χ4v) is 2.16. The highest BCUT2D eigenvalue weighted by Gasteiger charge is 2.14. The minimum Gasteiger partial charge on any atom is -0.465 e. The second-order valence-corrected chi connectivity index (χ2v) is 5.49. The van der Waals surface area contributed by atoms with Crippen LogP contribution in [-0.2, 0) is 25.5 Å². The summed E-state index contributed by atoms with van der Waals surface area (Å²) in [6, 6.07) is 13.1. The molecule has 0 unspecified atom stereocenters. The zero-order valence-corrected chi connectivity index (χ0v) is 14.2. The van der Waals surface area contributed by atoms with Crippen LogP contribution in [0.5, 0.6) is 0 Å². The van der Waals surface area contributed by atoms with Gasteiger partial charge in [0.25, 0.3) is 5.91 Å². The van der Waals surface area contributed by atoms with Gasteiger partial charge >= 0.3 is 11.9 Å². The number of ether oxygens (including phenoxy) is 2. The van der Waals surface area contributed by atoms with Crippen molar-refractivity contribution in [2.75, 3.05) is 19.0 Å². The lowest BCUT2D eigenvalue weighted by atomic mass is 10.1. The topological polar surface area (TPSA) is 81.7 Å². The molecular weight excluding hydrogens is 346 g/mol. The Bertz CT molecular complexity index is 773. The Hall–Kier alpha value is -2.86.